The molecule has 1 fully saturated rings. The third-order valence-electron chi connectivity index (χ3n) is 3.06. The number of carbonyl (C=O) groups is 1. The Morgan fingerprint density at radius 1 is 1.53 bits per heavy atom. The summed E-state index contributed by atoms with van der Waals surface area (Å²) >= 11 is 1.36. The normalized spacial score (nSPS) is 27.9. The Kier molecular flexibility index (Phi) is 3.98. The molecule has 0 aliphatic carbocycles. The summed E-state index contributed by atoms with van der Waals surface area (Å²) in [6.45, 7) is -0.612. The van der Waals surface area contributed by atoms with E-state index in [1.165, 1.54) is 29.7 Å². The van der Waals surface area contributed by atoms with Crippen LogP contribution in [0, 0.1) is 0 Å². The molecule has 104 valence electrons. The van der Waals surface area contributed by atoms with Crippen molar-refractivity contribution < 1.29 is 24.1 Å². The zero-order valence-corrected chi connectivity index (χ0v) is 12.2. The third-order valence-corrected chi connectivity index (χ3v) is 4.16. The molecule has 19 heavy (non-hydrogen) atoms. The predicted molar refractivity (Wildman–Crippen MR) is 75.2 cm³/mol. The van der Waals surface area contributed by atoms with Crippen molar-refractivity contribution in [3.63, 3.8) is 0 Å². The van der Waals surface area contributed by atoms with Gasteiger partial charge in [0, 0.05) is 5.69 Å². The molecule has 0 saturated carbocycles. The van der Waals surface area contributed by atoms with Gasteiger partial charge in [0.25, 0.3) is 9.58 Å². The summed E-state index contributed by atoms with van der Waals surface area (Å²) in [5.74, 6) is -0.132. The lowest BCUT2D eigenvalue weighted by molar-refractivity contribution is -0.137. The van der Waals surface area contributed by atoms with E-state index >= 15 is 0 Å². The van der Waals surface area contributed by atoms with Crippen molar-refractivity contribution in [1.82, 2.24) is 0 Å². The molecule has 5 nitrogen and oxygen atoms in total. The zero-order valence-electron chi connectivity index (χ0n) is 10.1. The number of hydrogen-bond acceptors (Lipinski definition) is 4. The Morgan fingerprint density at radius 3 is 2.58 bits per heavy atom. The van der Waals surface area contributed by atoms with Crippen LogP contribution in [0.2, 0.25) is 0 Å². The summed E-state index contributed by atoms with van der Waals surface area (Å²) in [6.07, 6.45) is -1.33. The van der Waals surface area contributed by atoms with Crippen LogP contribution in [0.3, 0.4) is 0 Å². The SMILES string of the molecule is COc1ccc(N2C(=O)[C@@](F)(I)[C@@H]2[C@H](O)CO)cc1. The van der Waals surface area contributed by atoms with E-state index in [4.69, 9.17) is 9.84 Å². The van der Waals surface area contributed by atoms with E-state index in [2.05, 4.69) is 0 Å². The maximum Gasteiger partial charge on any atom is 0.277 e. The topological polar surface area (TPSA) is 70.0 Å². The number of hydrogen-bond donors (Lipinski definition) is 2. The molecule has 0 spiro atoms. The first kappa shape index (κ1) is 14.5. The summed E-state index contributed by atoms with van der Waals surface area (Å²) in [5, 5.41) is 18.6. The molecule has 1 saturated heterocycles. The highest BCUT2D eigenvalue weighted by molar-refractivity contribution is 14.1. The number of carbonyl (C=O) groups excluding carboxylic acids is 1. The van der Waals surface area contributed by atoms with Crippen LogP contribution in [-0.2, 0) is 4.79 Å². The highest BCUT2D eigenvalue weighted by atomic mass is 127. The number of anilines is 1. The van der Waals surface area contributed by atoms with Gasteiger partial charge in [0.2, 0.25) is 0 Å². The predicted octanol–water partition coefficient (Wildman–Crippen LogP) is 0.864. The van der Waals surface area contributed by atoms with Crippen molar-refractivity contribution >= 4 is 34.2 Å². The molecule has 1 aromatic carbocycles. The summed E-state index contributed by atoms with van der Waals surface area (Å²) in [4.78, 5) is 12.9. The van der Waals surface area contributed by atoms with Crippen LogP contribution in [0.1, 0.15) is 0 Å². The molecule has 2 N–H and O–H groups in total. The number of alkyl halides is 2. The molecule has 3 atom stereocenters. The Hall–Kier alpha value is -0.930. The second-order valence-electron chi connectivity index (χ2n) is 4.19. The van der Waals surface area contributed by atoms with E-state index < -0.39 is 28.3 Å². The first-order valence-corrected chi connectivity index (χ1v) is 6.65. The molecule has 1 aromatic rings. The van der Waals surface area contributed by atoms with Crippen LogP contribution in [0.5, 0.6) is 5.75 Å². The fourth-order valence-corrected chi connectivity index (χ4v) is 3.00. The zero-order chi connectivity index (χ0) is 14.2. The van der Waals surface area contributed by atoms with Crippen LogP contribution in [0.4, 0.5) is 10.1 Å². The second kappa shape index (κ2) is 5.22. The maximum atomic E-state index is 14.1. The van der Waals surface area contributed by atoms with Gasteiger partial charge in [0.1, 0.15) is 17.9 Å². The second-order valence-corrected chi connectivity index (χ2v) is 5.76. The molecule has 1 aliphatic heterocycles. The number of halogens is 2. The quantitative estimate of drug-likeness (QED) is 0.461. The van der Waals surface area contributed by atoms with Crippen molar-refractivity contribution in [2.24, 2.45) is 0 Å². The first-order valence-electron chi connectivity index (χ1n) is 5.58. The van der Waals surface area contributed by atoms with E-state index in [9.17, 15) is 14.3 Å². The van der Waals surface area contributed by atoms with Crippen LogP contribution in [0.15, 0.2) is 24.3 Å². The Balaban J connectivity index is 2.29. The van der Waals surface area contributed by atoms with Crippen LogP contribution in [0.25, 0.3) is 0 Å². The number of rotatable bonds is 4. The number of amides is 1. The largest absolute Gasteiger partial charge is 0.497 e. The molecular formula is C12H13FINO4. The van der Waals surface area contributed by atoms with Gasteiger partial charge in [-0.05, 0) is 46.9 Å². The number of aliphatic hydroxyl groups is 2. The van der Waals surface area contributed by atoms with E-state index in [0.717, 1.165) is 4.90 Å². The van der Waals surface area contributed by atoms with Gasteiger partial charge >= 0.3 is 0 Å². The minimum Gasteiger partial charge on any atom is -0.497 e. The van der Waals surface area contributed by atoms with Crippen molar-refractivity contribution in [2.75, 3.05) is 18.6 Å². The van der Waals surface area contributed by atoms with E-state index in [-0.39, 0.29) is 0 Å². The van der Waals surface area contributed by atoms with Gasteiger partial charge < -0.3 is 14.9 Å². The molecule has 0 unspecified atom stereocenters. The van der Waals surface area contributed by atoms with Gasteiger partial charge in [-0.1, -0.05) is 0 Å². The van der Waals surface area contributed by atoms with Crippen molar-refractivity contribution in [2.45, 2.75) is 15.8 Å². The minimum absolute atomic E-state index is 0.452. The van der Waals surface area contributed by atoms with Gasteiger partial charge in [-0.3, -0.25) is 9.69 Å². The van der Waals surface area contributed by atoms with Crippen LogP contribution < -0.4 is 9.64 Å². The van der Waals surface area contributed by atoms with Crippen molar-refractivity contribution in [1.29, 1.82) is 0 Å². The van der Waals surface area contributed by atoms with E-state index in [1.807, 2.05) is 0 Å². The van der Waals surface area contributed by atoms with E-state index in [0.29, 0.717) is 11.4 Å². The number of benzene rings is 1. The summed E-state index contributed by atoms with van der Waals surface area (Å²) in [7, 11) is 1.51. The average Bonchev–Trinajstić information content (AvgIpc) is 2.43. The lowest BCUT2D eigenvalue weighted by atomic mass is 9.93. The fraction of sp³-hybridized carbons (Fsp3) is 0.417. The first-order chi connectivity index (χ1) is 8.93. The highest BCUT2D eigenvalue weighted by Gasteiger charge is 2.63. The van der Waals surface area contributed by atoms with Gasteiger partial charge in [0.05, 0.1) is 13.7 Å². The standard InChI is InChI=1S/C12H13FINO4/c1-19-8-4-2-7(3-5-8)15-10(9(17)6-16)12(13,14)11(15)18/h2-5,9-10,16-17H,6H2,1H3/t9-,10+,12+/m1/s1. The molecule has 1 amide bonds. The van der Waals surface area contributed by atoms with Crippen LogP contribution in [-0.4, -0.2) is 45.7 Å². The fourth-order valence-electron chi connectivity index (χ4n) is 2.04. The molecule has 1 heterocycles. The monoisotopic (exact) mass is 381 g/mol. The lowest BCUT2D eigenvalue weighted by Crippen LogP contribution is -2.73. The summed E-state index contributed by atoms with van der Waals surface area (Å²) in [5.41, 5.74) is 0.452. The Morgan fingerprint density at radius 2 is 2.11 bits per heavy atom. The average molecular weight is 381 g/mol. The highest BCUT2D eigenvalue weighted by Crippen LogP contribution is 2.45. The number of ether oxygens (including phenoxy) is 1. The van der Waals surface area contributed by atoms with Crippen molar-refractivity contribution in [3.05, 3.63) is 24.3 Å². The van der Waals surface area contributed by atoms with E-state index in [1.54, 1.807) is 24.3 Å². The number of methoxy groups -OCH3 is 1. The van der Waals surface area contributed by atoms with Gasteiger partial charge in [-0.25, -0.2) is 4.39 Å². The Labute approximate surface area is 123 Å². The molecule has 0 bridgehead atoms. The minimum atomic E-state index is -2.19. The molecular weight excluding hydrogens is 368 g/mol. The molecule has 1 aliphatic rings. The van der Waals surface area contributed by atoms with Gasteiger partial charge in [-0.15, -0.1) is 0 Å². The summed E-state index contributed by atoms with van der Waals surface area (Å²) in [6, 6.07) is 5.37. The lowest BCUT2D eigenvalue weighted by Gasteiger charge is -2.49. The van der Waals surface area contributed by atoms with Gasteiger partial charge in [0.15, 0.2) is 0 Å². The van der Waals surface area contributed by atoms with Crippen LogP contribution >= 0.6 is 22.6 Å². The smallest absolute Gasteiger partial charge is 0.277 e. The molecule has 7 heteroatoms. The number of nitrogens with zero attached hydrogens (tertiary/aromatic N) is 1. The van der Waals surface area contributed by atoms with Crippen molar-refractivity contribution in [3.8, 4) is 5.75 Å². The number of β-lactam (4-membered cyclic amide) rings is 1. The molecule has 0 radical (unpaired) electrons. The number of aliphatic hydroxyl groups excluding tert-OH is 2. The maximum absolute atomic E-state index is 14.1. The molecule has 2 rings (SSSR count). The summed E-state index contributed by atoms with van der Waals surface area (Å²) < 4.78 is 16.9. The third kappa shape index (κ3) is 2.30. The molecule has 0 aromatic heterocycles. The van der Waals surface area contributed by atoms with Gasteiger partial charge in [-0.2, -0.15) is 0 Å². The Bertz CT molecular complexity index is 479.